The van der Waals surface area contributed by atoms with Crippen LogP contribution < -0.4 is 10.9 Å². The largest absolute Gasteiger partial charge is 0.348 e. The fraction of sp³-hybridized carbons (Fsp3) is 0.227. The molecule has 2 aromatic heterocycles. The number of carbonyl (C=O) groups excluding carboxylic acids is 1. The lowest BCUT2D eigenvalue weighted by Crippen LogP contribution is -2.37. The number of rotatable bonds is 3. The number of aryl methyl sites for hydroxylation is 1. The molecule has 0 spiro atoms. The highest BCUT2D eigenvalue weighted by molar-refractivity contribution is 5.86. The molecule has 6 nitrogen and oxygen atoms in total. The van der Waals surface area contributed by atoms with Crippen LogP contribution in [0.2, 0.25) is 0 Å². The van der Waals surface area contributed by atoms with Crippen LogP contribution in [0.5, 0.6) is 0 Å². The number of carbonyl (C=O) groups is 1. The number of hydrogen-bond acceptors (Lipinski definition) is 3. The molecule has 2 heterocycles. The Hall–Kier alpha value is -3.48. The molecular weight excluding hydrogens is 371 g/mol. The van der Waals surface area contributed by atoms with Gasteiger partial charge in [-0.05, 0) is 54.7 Å². The molecule has 0 unspecified atom stereocenters. The van der Waals surface area contributed by atoms with Gasteiger partial charge < -0.3 is 5.32 Å². The Morgan fingerprint density at radius 2 is 2.03 bits per heavy atom. The van der Waals surface area contributed by atoms with E-state index in [0.29, 0.717) is 16.4 Å². The number of fused-ring (bicyclic) bond motifs is 4. The van der Waals surface area contributed by atoms with Crippen molar-refractivity contribution in [3.05, 3.63) is 82.2 Å². The highest BCUT2D eigenvalue weighted by Gasteiger charge is 2.22. The molecule has 0 bridgehead atoms. The van der Waals surface area contributed by atoms with E-state index in [4.69, 9.17) is 0 Å². The quantitative estimate of drug-likeness (QED) is 0.585. The first kappa shape index (κ1) is 17.6. The molecule has 0 fully saturated rings. The molecular formula is C22H19FN4O2. The zero-order valence-corrected chi connectivity index (χ0v) is 15.6. The van der Waals surface area contributed by atoms with E-state index in [-0.39, 0.29) is 29.9 Å². The third-order valence-electron chi connectivity index (χ3n) is 5.56. The molecule has 1 amide bonds. The Balaban J connectivity index is 1.42. The molecule has 0 radical (unpaired) electrons. The molecule has 0 aliphatic heterocycles. The topological polar surface area (TPSA) is 68.4 Å². The molecule has 1 atom stereocenters. The maximum absolute atomic E-state index is 13.5. The van der Waals surface area contributed by atoms with Crippen molar-refractivity contribution in [2.45, 2.75) is 31.8 Å². The monoisotopic (exact) mass is 390 g/mol. The summed E-state index contributed by atoms with van der Waals surface area (Å²) >= 11 is 0. The summed E-state index contributed by atoms with van der Waals surface area (Å²) in [6.07, 6.45) is 4.39. The van der Waals surface area contributed by atoms with Gasteiger partial charge in [0.2, 0.25) is 5.91 Å². The van der Waals surface area contributed by atoms with Crippen molar-refractivity contribution in [3.63, 3.8) is 0 Å². The Labute approximate surface area is 165 Å². The lowest BCUT2D eigenvalue weighted by Gasteiger charge is -2.26. The van der Waals surface area contributed by atoms with Crippen molar-refractivity contribution >= 4 is 22.3 Å². The molecule has 0 saturated carbocycles. The maximum atomic E-state index is 13.5. The third-order valence-corrected chi connectivity index (χ3v) is 5.56. The normalized spacial score (nSPS) is 16.1. The minimum atomic E-state index is -0.386. The first-order valence-electron chi connectivity index (χ1n) is 9.64. The standard InChI is InChI=1S/C22H19FN4O2/c23-16-8-9-19-15(10-16)11-20-22(29)27(24-13-26(19)20)12-21(28)25-18-7-3-5-14-4-1-2-6-17(14)18/h1-2,4,6,8-11,13,18H,3,5,7,12H2,(H,25,28)/t18-/m1/s1. The molecule has 0 saturated heterocycles. The Bertz CT molecular complexity index is 1310. The number of benzene rings is 2. The highest BCUT2D eigenvalue weighted by Crippen LogP contribution is 2.29. The van der Waals surface area contributed by atoms with Crippen LogP contribution in [0.25, 0.3) is 16.4 Å². The van der Waals surface area contributed by atoms with Crippen molar-refractivity contribution in [3.8, 4) is 0 Å². The van der Waals surface area contributed by atoms with Gasteiger partial charge in [0, 0.05) is 5.39 Å². The molecule has 146 valence electrons. The van der Waals surface area contributed by atoms with E-state index in [9.17, 15) is 14.0 Å². The lowest BCUT2D eigenvalue weighted by atomic mass is 9.88. The number of halogens is 1. The second-order valence-electron chi connectivity index (χ2n) is 7.41. The fourth-order valence-corrected chi connectivity index (χ4v) is 4.19. The average molecular weight is 390 g/mol. The molecule has 1 aliphatic rings. The number of amides is 1. The Kier molecular flexibility index (Phi) is 4.16. The van der Waals surface area contributed by atoms with Gasteiger partial charge in [-0.15, -0.1) is 0 Å². The molecule has 29 heavy (non-hydrogen) atoms. The van der Waals surface area contributed by atoms with Crippen LogP contribution in [0.1, 0.15) is 30.0 Å². The van der Waals surface area contributed by atoms with Crippen LogP contribution in [-0.4, -0.2) is 20.1 Å². The van der Waals surface area contributed by atoms with Gasteiger partial charge in [-0.2, -0.15) is 5.10 Å². The molecule has 1 aliphatic carbocycles. The summed E-state index contributed by atoms with van der Waals surface area (Å²) in [6, 6.07) is 14.0. The maximum Gasteiger partial charge on any atom is 0.291 e. The van der Waals surface area contributed by atoms with Crippen LogP contribution in [0.3, 0.4) is 0 Å². The minimum absolute atomic E-state index is 0.0502. The van der Waals surface area contributed by atoms with Crippen molar-refractivity contribution in [2.24, 2.45) is 0 Å². The van der Waals surface area contributed by atoms with Gasteiger partial charge >= 0.3 is 0 Å². The summed E-state index contributed by atoms with van der Waals surface area (Å²) in [5.41, 5.74) is 3.07. The van der Waals surface area contributed by atoms with Gasteiger partial charge in [-0.3, -0.25) is 14.0 Å². The van der Waals surface area contributed by atoms with Gasteiger partial charge in [0.15, 0.2) is 0 Å². The van der Waals surface area contributed by atoms with Gasteiger partial charge in [-0.1, -0.05) is 24.3 Å². The number of nitrogens with zero attached hydrogens (tertiary/aromatic N) is 3. The highest BCUT2D eigenvalue weighted by atomic mass is 19.1. The zero-order chi connectivity index (χ0) is 20.0. The average Bonchev–Trinajstić information content (AvgIpc) is 3.09. The van der Waals surface area contributed by atoms with E-state index >= 15 is 0 Å². The summed E-state index contributed by atoms with van der Waals surface area (Å²) in [4.78, 5) is 25.4. The molecule has 4 aromatic rings. The van der Waals surface area contributed by atoms with Crippen molar-refractivity contribution < 1.29 is 9.18 Å². The smallest absolute Gasteiger partial charge is 0.291 e. The van der Waals surface area contributed by atoms with E-state index in [1.54, 1.807) is 16.5 Å². The van der Waals surface area contributed by atoms with Gasteiger partial charge in [0.05, 0.1) is 11.6 Å². The van der Waals surface area contributed by atoms with Crippen molar-refractivity contribution in [1.29, 1.82) is 0 Å². The second-order valence-corrected chi connectivity index (χ2v) is 7.41. The van der Waals surface area contributed by atoms with E-state index in [1.807, 2.05) is 18.2 Å². The summed E-state index contributed by atoms with van der Waals surface area (Å²) in [5.74, 6) is -0.623. The second kappa shape index (κ2) is 6.84. The molecule has 1 N–H and O–H groups in total. The van der Waals surface area contributed by atoms with Crippen LogP contribution in [0.15, 0.2) is 59.7 Å². The van der Waals surface area contributed by atoms with E-state index in [1.165, 1.54) is 24.0 Å². The summed E-state index contributed by atoms with van der Waals surface area (Å²) in [7, 11) is 0. The van der Waals surface area contributed by atoms with Crippen molar-refractivity contribution in [1.82, 2.24) is 19.5 Å². The number of nitrogens with one attached hydrogen (secondary N) is 1. The minimum Gasteiger partial charge on any atom is -0.348 e. The fourth-order valence-electron chi connectivity index (χ4n) is 4.19. The van der Waals surface area contributed by atoms with Gasteiger partial charge in [0.1, 0.15) is 24.2 Å². The van der Waals surface area contributed by atoms with Crippen LogP contribution in [0, 0.1) is 5.82 Å². The summed E-state index contributed by atoms with van der Waals surface area (Å²) in [5, 5.41) is 7.79. The third kappa shape index (κ3) is 3.08. The predicted molar refractivity (Wildman–Crippen MR) is 107 cm³/mol. The predicted octanol–water partition coefficient (Wildman–Crippen LogP) is 2.98. The first-order chi connectivity index (χ1) is 14.1. The number of aromatic nitrogens is 3. The Morgan fingerprint density at radius 1 is 1.17 bits per heavy atom. The SMILES string of the molecule is O=C(Cn1ncn2c(cc3cc(F)ccc32)c1=O)N[C@@H]1CCCc2ccccc21. The van der Waals surface area contributed by atoms with E-state index < -0.39 is 0 Å². The zero-order valence-electron chi connectivity index (χ0n) is 15.6. The van der Waals surface area contributed by atoms with E-state index in [0.717, 1.165) is 29.5 Å². The van der Waals surface area contributed by atoms with E-state index in [2.05, 4.69) is 16.5 Å². The van der Waals surface area contributed by atoms with Crippen LogP contribution in [-0.2, 0) is 17.8 Å². The summed E-state index contributed by atoms with van der Waals surface area (Å²) in [6.45, 7) is -0.163. The van der Waals surface area contributed by atoms with Crippen LogP contribution >= 0.6 is 0 Å². The molecule has 2 aromatic carbocycles. The summed E-state index contributed by atoms with van der Waals surface area (Å²) < 4.78 is 16.2. The van der Waals surface area contributed by atoms with Crippen LogP contribution in [0.4, 0.5) is 4.39 Å². The lowest BCUT2D eigenvalue weighted by molar-refractivity contribution is -0.122. The Morgan fingerprint density at radius 3 is 2.93 bits per heavy atom. The van der Waals surface area contributed by atoms with Gasteiger partial charge in [-0.25, -0.2) is 9.07 Å². The van der Waals surface area contributed by atoms with Crippen molar-refractivity contribution in [2.75, 3.05) is 0 Å². The first-order valence-corrected chi connectivity index (χ1v) is 9.64. The molecule has 5 rings (SSSR count). The van der Waals surface area contributed by atoms with Gasteiger partial charge in [0.25, 0.3) is 5.56 Å². The number of hydrogen-bond donors (Lipinski definition) is 1. The molecule has 7 heteroatoms.